The van der Waals surface area contributed by atoms with Gasteiger partial charge in [0.05, 0.1) is 11.1 Å². The van der Waals surface area contributed by atoms with E-state index in [0.29, 0.717) is 18.7 Å². The van der Waals surface area contributed by atoms with Crippen LogP contribution in [0.5, 0.6) is 0 Å². The lowest BCUT2D eigenvalue weighted by Crippen LogP contribution is -2.40. The second-order valence-corrected chi connectivity index (χ2v) is 5.98. The predicted octanol–water partition coefficient (Wildman–Crippen LogP) is 1.49. The van der Waals surface area contributed by atoms with Gasteiger partial charge in [0.15, 0.2) is 0 Å². The fraction of sp³-hybridized carbons (Fsp3) is 0.412. The molecule has 0 saturated carbocycles. The van der Waals surface area contributed by atoms with Crippen molar-refractivity contribution in [2.45, 2.75) is 25.3 Å². The van der Waals surface area contributed by atoms with Crippen LogP contribution in [0.25, 0.3) is 10.9 Å². The van der Waals surface area contributed by atoms with Gasteiger partial charge in [0, 0.05) is 37.6 Å². The molecule has 22 heavy (non-hydrogen) atoms. The first-order valence-electron chi connectivity index (χ1n) is 7.71. The van der Waals surface area contributed by atoms with E-state index in [4.69, 9.17) is 5.73 Å². The quantitative estimate of drug-likeness (QED) is 0.867. The van der Waals surface area contributed by atoms with E-state index in [-0.39, 0.29) is 17.5 Å². The molecule has 0 spiro atoms. The van der Waals surface area contributed by atoms with E-state index in [0.717, 1.165) is 30.2 Å². The Morgan fingerprint density at radius 2 is 2.05 bits per heavy atom. The lowest BCUT2D eigenvalue weighted by Gasteiger charge is -2.23. The van der Waals surface area contributed by atoms with Crippen LogP contribution in [0, 0.1) is 0 Å². The van der Waals surface area contributed by atoms with Crippen LogP contribution in [0.1, 0.15) is 29.6 Å². The highest BCUT2D eigenvalue weighted by Gasteiger charge is 2.23. The highest BCUT2D eigenvalue weighted by Crippen LogP contribution is 2.19. The van der Waals surface area contributed by atoms with Crippen molar-refractivity contribution in [1.29, 1.82) is 0 Å². The van der Waals surface area contributed by atoms with Gasteiger partial charge in [-0.1, -0.05) is 24.6 Å². The Labute approximate surface area is 129 Å². The maximum absolute atomic E-state index is 12.9. The largest absolute Gasteiger partial charge is 0.337 e. The standard InChI is InChI=1S/C17H21N3O2/c1-19-15-8-3-2-7-13(15)14(10-16(19)21)17(22)20-9-5-4-6-12(18)11-20/h2-3,7-8,10,12H,4-6,9,11,18H2,1H3/t12-/m0/s1. The fourth-order valence-corrected chi connectivity index (χ4v) is 3.12. The number of benzene rings is 1. The van der Waals surface area contributed by atoms with E-state index in [1.165, 1.54) is 6.07 Å². The summed E-state index contributed by atoms with van der Waals surface area (Å²) >= 11 is 0. The number of nitrogens with two attached hydrogens (primary N) is 1. The number of amides is 1. The van der Waals surface area contributed by atoms with Gasteiger partial charge >= 0.3 is 0 Å². The molecule has 2 heterocycles. The number of nitrogens with zero attached hydrogens (tertiary/aromatic N) is 2. The highest BCUT2D eigenvalue weighted by molar-refractivity contribution is 6.06. The number of para-hydroxylation sites is 1. The summed E-state index contributed by atoms with van der Waals surface area (Å²) < 4.78 is 1.57. The first-order valence-corrected chi connectivity index (χ1v) is 7.71. The Kier molecular flexibility index (Phi) is 3.98. The molecule has 0 bridgehead atoms. The van der Waals surface area contributed by atoms with Gasteiger partial charge in [-0.2, -0.15) is 0 Å². The topological polar surface area (TPSA) is 68.3 Å². The third-order valence-electron chi connectivity index (χ3n) is 4.38. The maximum atomic E-state index is 12.9. The van der Waals surface area contributed by atoms with E-state index in [1.807, 2.05) is 24.3 Å². The van der Waals surface area contributed by atoms with Crippen LogP contribution < -0.4 is 11.3 Å². The number of fused-ring (bicyclic) bond motifs is 1. The number of rotatable bonds is 1. The van der Waals surface area contributed by atoms with Gasteiger partial charge in [-0.25, -0.2) is 0 Å². The number of likely N-dealkylation sites (tertiary alicyclic amines) is 1. The van der Waals surface area contributed by atoms with Crippen LogP contribution in [-0.2, 0) is 7.05 Å². The summed E-state index contributed by atoms with van der Waals surface area (Å²) in [5.74, 6) is -0.0914. The molecule has 1 saturated heterocycles. The number of carbonyl (C=O) groups is 1. The molecule has 1 aromatic heterocycles. The van der Waals surface area contributed by atoms with Crippen LogP contribution >= 0.6 is 0 Å². The summed E-state index contributed by atoms with van der Waals surface area (Å²) in [5, 5.41) is 0.812. The van der Waals surface area contributed by atoms with Gasteiger partial charge in [-0.15, -0.1) is 0 Å². The van der Waals surface area contributed by atoms with Crippen molar-refractivity contribution in [2.24, 2.45) is 12.8 Å². The first-order chi connectivity index (χ1) is 10.6. The van der Waals surface area contributed by atoms with Gasteiger partial charge in [0.1, 0.15) is 0 Å². The minimum atomic E-state index is -0.166. The van der Waals surface area contributed by atoms with Crippen LogP contribution in [0.4, 0.5) is 0 Å². The molecule has 1 amide bonds. The van der Waals surface area contributed by atoms with E-state index in [2.05, 4.69) is 0 Å². The molecule has 1 aliphatic heterocycles. The van der Waals surface area contributed by atoms with E-state index < -0.39 is 0 Å². The molecule has 5 nitrogen and oxygen atoms in total. The molecule has 1 aromatic carbocycles. The maximum Gasteiger partial charge on any atom is 0.254 e. The van der Waals surface area contributed by atoms with Crippen molar-refractivity contribution in [1.82, 2.24) is 9.47 Å². The second kappa shape index (κ2) is 5.93. The van der Waals surface area contributed by atoms with Crippen LogP contribution in [0.2, 0.25) is 0 Å². The zero-order chi connectivity index (χ0) is 15.7. The second-order valence-electron chi connectivity index (χ2n) is 5.98. The lowest BCUT2D eigenvalue weighted by atomic mass is 10.1. The Morgan fingerprint density at radius 1 is 1.27 bits per heavy atom. The number of pyridine rings is 1. The van der Waals surface area contributed by atoms with Crippen molar-refractivity contribution in [3.05, 3.63) is 46.2 Å². The number of hydrogen-bond acceptors (Lipinski definition) is 3. The van der Waals surface area contributed by atoms with Crippen molar-refractivity contribution < 1.29 is 4.79 Å². The normalized spacial score (nSPS) is 19.2. The lowest BCUT2D eigenvalue weighted by molar-refractivity contribution is 0.0757. The summed E-state index contributed by atoms with van der Waals surface area (Å²) in [5.41, 5.74) is 7.14. The number of hydrogen-bond donors (Lipinski definition) is 1. The average molecular weight is 299 g/mol. The fourth-order valence-electron chi connectivity index (χ4n) is 3.12. The molecule has 0 radical (unpaired) electrons. The molecular weight excluding hydrogens is 278 g/mol. The van der Waals surface area contributed by atoms with Crippen molar-refractivity contribution in [2.75, 3.05) is 13.1 Å². The number of aromatic nitrogens is 1. The first kappa shape index (κ1) is 14.8. The molecular formula is C17H21N3O2. The van der Waals surface area contributed by atoms with Gasteiger partial charge in [-0.3, -0.25) is 9.59 Å². The molecule has 0 aliphatic carbocycles. The molecule has 2 aromatic rings. The van der Waals surface area contributed by atoms with E-state index in [9.17, 15) is 9.59 Å². The molecule has 2 N–H and O–H groups in total. The monoisotopic (exact) mass is 299 g/mol. The van der Waals surface area contributed by atoms with Crippen molar-refractivity contribution in [3.63, 3.8) is 0 Å². The molecule has 5 heteroatoms. The molecule has 1 fully saturated rings. The third-order valence-corrected chi connectivity index (χ3v) is 4.38. The molecule has 3 rings (SSSR count). The Morgan fingerprint density at radius 3 is 2.86 bits per heavy atom. The molecule has 0 unspecified atom stereocenters. The van der Waals surface area contributed by atoms with Gasteiger partial charge in [0.2, 0.25) is 0 Å². The van der Waals surface area contributed by atoms with E-state index >= 15 is 0 Å². The van der Waals surface area contributed by atoms with Gasteiger partial charge in [0.25, 0.3) is 11.5 Å². The number of carbonyl (C=O) groups excluding carboxylic acids is 1. The summed E-state index contributed by atoms with van der Waals surface area (Å²) in [6.45, 7) is 1.26. The van der Waals surface area contributed by atoms with Crippen LogP contribution in [0.3, 0.4) is 0 Å². The summed E-state index contributed by atoms with van der Waals surface area (Å²) in [4.78, 5) is 26.8. The predicted molar refractivity (Wildman–Crippen MR) is 86.9 cm³/mol. The summed E-state index contributed by atoms with van der Waals surface area (Å²) in [6.07, 6.45) is 2.95. The molecule has 116 valence electrons. The third kappa shape index (κ3) is 2.64. The zero-order valence-electron chi connectivity index (χ0n) is 12.8. The SMILES string of the molecule is Cn1c(=O)cc(C(=O)N2CCCC[C@H](N)C2)c2ccccc21. The molecule has 1 aliphatic rings. The zero-order valence-corrected chi connectivity index (χ0v) is 12.8. The number of aryl methyl sites for hydroxylation is 1. The summed E-state index contributed by atoms with van der Waals surface area (Å²) in [6, 6.07) is 8.97. The van der Waals surface area contributed by atoms with Crippen molar-refractivity contribution in [3.8, 4) is 0 Å². The smallest absolute Gasteiger partial charge is 0.254 e. The molecule has 1 atom stereocenters. The van der Waals surface area contributed by atoms with Crippen molar-refractivity contribution >= 4 is 16.8 Å². The van der Waals surface area contributed by atoms with Gasteiger partial charge < -0.3 is 15.2 Å². The Bertz CT molecular complexity index is 766. The van der Waals surface area contributed by atoms with Gasteiger partial charge in [-0.05, 0) is 18.9 Å². The minimum absolute atomic E-state index is 0.0178. The Hall–Kier alpha value is -2.14. The Balaban J connectivity index is 2.07. The summed E-state index contributed by atoms with van der Waals surface area (Å²) in [7, 11) is 1.72. The van der Waals surface area contributed by atoms with Crippen LogP contribution in [0.15, 0.2) is 35.1 Å². The highest BCUT2D eigenvalue weighted by atomic mass is 16.2. The minimum Gasteiger partial charge on any atom is -0.337 e. The average Bonchev–Trinajstić information content (AvgIpc) is 2.75. The van der Waals surface area contributed by atoms with E-state index in [1.54, 1.807) is 16.5 Å². The van der Waals surface area contributed by atoms with Crippen LogP contribution in [-0.4, -0.2) is 34.5 Å².